The smallest absolute Gasteiger partial charge is 0.226 e. The Balaban J connectivity index is 1.87. The molecule has 7 heteroatoms. The number of rotatable bonds is 4. The quantitative estimate of drug-likeness (QED) is 0.809. The minimum absolute atomic E-state index is 0.00913. The molecule has 0 spiro atoms. The van der Waals surface area contributed by atoms with Gasteiger partial charge in [-0.25, -0.2) is 4.68 Å². The minimum Gasteiger partial charge on any atom is -0.391 e. The largest absolute Gasteiger partial charge is 0.391 e. The number of aliphatic hydroxyl groups is 1. The van der Waals surface area contributed by atoms with Gasteiger partial charge in [0, 0.05) is 31.5 Å². The van der Waals surface area contributed by atoms with Gasteiger partial charge in [0.1, 0.15) is 0 Å². The standard InChI is InChI=1S/C12H21N5O2/c1-8(2)17-7-11(14-15-17)13-12(19)4-9-5-16(3)6-10(9)18/h7-10,18H,4-6H2,1-3H3,(H,13,19)/t9-,10-/m1/s1. The monoisotopic (exact) mass is 267 g/mol. The molecule has 0 saturated carbocycles. The number of hydrogen-bond donors (Lipinski definition) is 2. The second-order valence-corrected chi connectivity index (χ2v) is 5.48. The number of aromatic nitrogens is 3. The molecular formula is C12H21N5O2. The van der Waals surface area contributed by atoms with Crippen LogP contribution in [0, 0.1) is 5.92 Å². The van der Waals surface area contributed by atoms with Crippen LogP contribution in [0.4, 0.5) is 5.82 Å². The van der Waals surface area contributed by atoms with E-state index in [0.29, 0.717) is 18.8 Å². The van der Waals surface area contributed by atoms with E-state index < -0.39 is 6.10 Å². The highest BCUT2D eigenvalue weighted by molar-refractivity contribution is 5.89. The van der Waals surface area contributed by atoms with Gasteiger partial charge < -0.3 is 15.3 Å². The van der Waals surface area contributed by atoms with E-state index in [4.69, 9.17) is 0 Å². The van der Waals surface area contributed by atoms with Crippen LogP contribution >= 0.6 is 0 Å². The predicted octanol–water partition coefficient (Wildman–Crippen LogP) is 0.110. The topological polar surface area (TPSA) is 83.3 Å². The van der Waals surface area contributed by atoms with Gasteiger partial charge in [0.05, 0.1) is 12.3 Å². The van der Waals surface area contributed by atoms with E-state index in [1.807, 2.05) is 25.8 Å². The fraction of sp³-hybridized carbons (Fsp3) is 0.750. The summed E-state index contributed by atoms with van der Waals surface area (Å²) in [6, 6.07) is 0.212. The molecule has 1 aliphatic rings. The fourth-order valence-electron chi connectivity index (χ4n) is 2.28. The molecule has 2 heterocycles. The molecule has 0 radical (unpaired) electrons. The second-order valence-electron chi connectivity index (χ2n) is 5.48. The van der Waals surface area contributed by atoms with Gasteiger partial charge in [-0.05, 0) is 20.9 Å². The molecule has 0 unspecified atom stereocenters. The number of amides is 1. The van der Waals surface area contributed by atoms with Crippen molar-refractivity contribution in [1.82, 2.24) is 19.9 Å². The normalized spacial score (nSPS) is 24.1. The van der Waals surface area contributed by atoms with E-state index in [9.17, 15) is 9.90 Å². The molecule has 0 aliphatic carbocycles. The maximum atomic E-state index is 11.9. The summed E-state index contributed by atoms with van der Waals surface area (Å²) in [6.07, 6.45) is 1.59. The molecule has 7 nitrogen and oxygen atoms in total. The van der Waals surface area contributed by atoms with Crippen LogP contribution in [0.5, 0.6) is 0 Å². The van der Waals surface area contributed by atoms with Crippen molar-refractivity contribution in [2.24, 2.45) is 5.92 Å². The number of anilines is 1. The number of carbonyl (C=O) groups is 1. The van der Waals surface area contributed by atoms with E-state index >= 15 is 0 Å². The molecule has 1 saturated heterocycles. The Morgan fingerprint density at radius 1 is 1.58 bits per heavy atom. The number of hydrogen-bond acceptors (Lipinski definition) is 5. The van der Waals surface area contributed by atoms with Gasteiger partial charge in [0.2, 0.25) is 5.91 Å². The van der Waals surface area contributed by atoms with Crippen LogP contribution in [-0.2, 0) is 4.79 Å². The summed E-state index contributed by atoms with van der Waals surface area (Å²) < 4.78 is 1.69. The molecule has 1 aromatic rings. The summed E-state index contributed by atoms with van der Waals surface area (Å²) in [5.74, 6) is 0.319. The van der Waals surface area contributed by atoms with Crippen LogP contribution in [0.25, 0.3) is 0 Å². The van der Waals surface area contributed by atoms with Gasteiger partial charge in [-0.1, -0.05) is 5.21 Å². The van der Waals surface area contributed by atoms with E-state index in [2.05, 4.69) is 15.6 Å². The van der Waals surface area contributed by atoms with E-state index in [1.54, 1.807) is 10.9 Å². The number of nitrogens with zero attached hydrogens (tertiary/aromatic N) is 4. The number of carbonyl (C=O) groups excluding carboxylic acids is 1. The van der Waals surface area contributed by atoms with Crippen LogP contribution < -0.4 is 5.32 Å². The molecule has 1 aromatic heterocycles. The molecule has 2 N–H and O–H groups in total. The highest BCUT2D eigenvalue weighted by atomic mass is 16.3. The molecule has 1 amide bonds. The number of aliphatic hydroxyl groups excluding tert-OH is 1. The molecule has 1 aliphatic heterocycles. The van der Waals surface area contributed by atoms with Gasteiger partial charge in [-0.2, -0.15) is 0 Å². The molecule has 19 heavy (non-hydrogen) atoms. The highest BCUT2D eigenvalue weighted by Crippen LogP contribution is 2.19. The van der Waals surface area contributed by atoms with Crippen molar-refractivity contribution >= 4 is 11.7 Å². The zero-order valence-corrected chi connectivity index (χ0v) is 11.6. The van der Waals surface area contributed by atoms with Crippen molar-refractivity contribution in [2.45, 2.75) is 32.4 Å². The molecule has 2 rings (SSSR count). The molecule has 0 aromatic carbocycles. The molecule has 0 bridgehead atoms. The van der Waals surface area contributed by atoms with Crippen LogP contribution in [0.1, 0.15) is 26.3 Å². The first kappa shape index (κ1) is 14.0. The van der Waals surface area contributed by atoms with E-state index in [-0.39, 0.29) is 17.9 Å². The van der Waals surface area contributed by atoms with Crippen LogP contribution in [-0.4, -0.2) is 57.1 Å². The summed E-state index contributed by atoms with van der Waals surface area (Å²) >= 11 is 0. The SMILES string of the molecule is CC(C)n1cc(NC(=O)C[C@@H]2CN(C)C[C@H]2O)nn1. The molecular weight excluding hydrogens is 246 g/mol. The van der Waals surface area contributed by atoms with Crippen molar-refractivity contribution in [3.05, 3.63) is 6.20 Å². The Labute approximate surface area is 112 Å². The molecule has 106 valence electrons. The Hall–Kier alpha value is -1.47. The zero-order valence-electron chi connectivity index (χ0n) is 11.6. The van der Waals surface area contributed by atoms with Crippen molar-refractivity contribution in [2.75, 3.05) is 25.5 Å². The van der Waals surface area contributed by atoms with Crippen LogP contribution in [0.2, 0.25) is 0 Å². The average molecular weight is 267 g/mol. The van der Waals surface area contributed by atoms with Crippen molar-refractivity contribution < 1.29 is 9.90 Å². The average Bonchev–Trinajstić information content (AvgIpc) is 2.87. The number of β-amino-alcohol motifs (C(OH)–C–C–N with tert-alkyl or cyclic N) is 1. The summed E-state index contributed by atoms with van der Waals surface area (Å²) in [6.45, 7) is 5.35. The van der Waals surface area contributed by atoms with Gasteiger partial charge >= 0.3 is 0 Å². The van der Waals surface area contributed by atoms with Crippen molar-refractivity contribution in [1.29, 1.82) is 0 Å². The Morgan fingerprint density at radius 2 is 2.32 bits per heavy atom. The fourth-order valence-corrected chi connectivity index (χ4v) is 2.28. The van der Waals surface area contributed by atoms with E-state index in [1.165, 1.54) is 0 Å². The number of likely N-dealkylation sites (N-methyl/N-ethyl adjacent to an activating group) is 1. The second kappa shape index (κ2) is 5.66. The van der Waals surface area contributed by atoms with Crippen molar-refractivity contribution in [3.8, 4) is 0 Å². The zero-order chi connectivity index (χ0) is 14.0. The molecule has 1 fully saturated rings. The maximum Gasteiger partial charge on any atom is 0.226 e. The summed E-state index contributed by atoms with van der Waals surface area (Å²) in [5.41, 5.74) is 0. The lowest BCUT2D eigenvalue weighted by molar-refractivity contribution is -0.117. The first-order valence-corrected chi connectivity index (χ1v) is 6.54. The van der Waals surface area contributed by atoms with Crippen LogP contribution in [0.15, 0.2) is 6.20 Å². The summed E-state index contributed by atoms with van der Waals surface area (Å²) in [5, 5.41) is 20.3. The lowest BCUT2D eigenvalue weighted by Crippen LogP contribution is -2.24. The Morgan fingerprint density at radius 3 is 2.84 bits per heavy atom. The number of likely N-dealkylation sites (tertiary alicyclic amines) is 1. The maximum absolute atomic E-state index is 11.9. The van der Waals surface area contributed by atoms with Crippen molar-refractivity contribution in [3.63, 3.8) is 0 Å². The lowest BCUT2D eigenvalue weighted by atomic mass is 10.0. The predicted molar refractivity (Wildman–Crippen MR) is 70.6 cm³/mol. The first-order chi connectivity index (χ1) is 8.95. The van der Waals surface area contributed by atoms with Gasteiger partial charge in [0.25, 0.3) is 0 Å². The van der Waals surface area contributed by atoms with Gasteiger partial charge in [-0.15, -0.1) is 5.10 Å². The summed E-state index contributed by atoms with van der Waals surface area (Å²) in [7, 11) is 1.94. The van der Waals surface area contributed by atoms with Crippen LogP contribution in [0.3, 0.4) is 0 Å². The summed E-state index contributed by atoms with van der Waals surface area (Å²) in [4.78, 5) is 13.9. The third-order valence-corrected chi connectivity index (χ3v) is 3.34. The first-order valence-electron chi connectivity index (χ1n) is 6.54. The molecule has 2 atom stereocenters. The third-order valence-electron chi connectivity index (χ3n) is 3.34. The number of nitrogens with one attached hydrogen (secondary N) is 1. The van der Waals surface area contributed by atoms with E-state index in [0.717, 1.165) is 6.54 Å². The van der Waals surface area contributed by atoms with Gasteiger partial charge in [0.15, 0.2) is 5.82 Å². The highest BCUT2D eigenvalue weighted by Gasteiger charge is 2.30. The Bertz CT molecular complexity index is 445. The van der Waals surface area contributed by atoms with Gasteiger partial charge in [-0.3, -0.25) is 4.79 Å². The third kappa shape index (κ3) is 3.51. The Kier molecular flexibility index (Phi) is 4.16. The minimum atomic E-state index is -0.429. The lowest BCUT2D eigenvalue weighted by Gasteiger charge is -2.12.